The molecule has 0 spiro atoms. The second-order valence-corrected chi connectivity index (χ2v) is 28.5. The van der Waals surface area contributed by atoms with Crippen molar-refractivity contribution in [2.24, 2.45) is 0 Å². The van der Waals surface area contributed by atoms with E-state index in [-0.39, 0.29) is 56.4 Å². The van der Waals surface area contributed by atoms with E-state index in [4.69, 9.17) is 56.8 Å². The van der Waals surface area contributed by atoms with Crippen molar-refractivity contribution in [2.75, 3.05) is 39.6 Å². The van der Waals surface area contributed by atoms with Gasteiger partial charge in [-0.25, -0.2) is 0 Å². The summed E-state index contributed by atoms with van der Waals surface area (Å²) < 4.78 is 69.8. The van der Waals surface area contributed by atoms with Crippen molar-refractivity contribution in [1.29, 1.82) is 0 Å². The zero-order chi connectivity index (χ0) is 75.3. The van der Waals surface area contributed by atoms with Gasteiger partial charge in [0.2, 0.25) is 5.91 Å². The first kappa shape index (κ1) is 94.0. The molecule has 0 aromatic carbocycles. The van der Waals surface area contributed by atoms with Gasteiger partial charge in [0.15, 0.2) is 31.5 Å². The van der Waals surface area contributed by atoms with Crippen LogP contribution in [0.15, 0.2) is 12.2 Å². The molecule has 0 bridgehead atoms. The summed E-state index contributed by atoms with van der Waals surface area (Å²) in [7, 11) is 0. The maximum absolute atomic E-state index is 13.4. The predicted octanol–water partition coefficient (Wildman–Crippen LogP) is -1.40. The molecule has 20 unspecified atom stereocenters. The average molecular weight is 1720 g/mol. The van der Waals surface area contributed by atoms with Gasteiger partial charge < -0.3 is 160 Å². The Morgan fingerprint density at radius 1 is 0.394 bits per heavy atom. The number of allylic oxidation sites excluding steroid dienone is 1. The molecule has 0 aromatic rings. The van der Waals surface area contributed by atoms with E-state index in [9.17, 15) is 102 Å². The molecule has 104 heavy (non-hydrogen) atoms. The third-order valence-electron chi connectivity index (χ3n) is 20.4. The number of hydrogen-bond acceptors (Lipinski definition) is 31. The molecule has 607 valence electrons. The number of aliphatic hydroxyl groups is 18. The van der Waals surface area contributed by atoms with Crippen LogP contribution < -0.4 is 5.32 Å². The average Bonchev–Trinajstić information content (AvgIpc) is 0.775. The first-order valence-corrected chi connectivity index (χ1v) is 37.9. The van der Waals surface area contributed by atoms with Gasteiger partial charge in [-0.15, -0.1) is 0 Å². The molecule has 0 aromatic heterocycles. The van der Waals surface area contributed by atoms with Crippen LogP contribution >= 0.6 is 0 Å². The Kier molecular flexibility index (Phi) is 45.0. The number of rotatable bonds is 47. The molecule has 6 heterocycles. The molecule has 1 radical (unpaired) electrons. The maximum Gasteiger partial charge on any atom is 0.220 e. The second kappa shape index (κ2) is 49.8. The van der Waals surface area contributed by atoms with Gasteiger partial charge in [-0.05, 0) is 26.2 Å². The van der Waals surface area contributed by atoms with Gasteiger partial charge in [-0.3, -0.25) is 4.79 Å². The van der Waals surface area contributed by atoms with Gasteiger partial charge in [-0.2, -0.15) is 0 Å². The normalized spacial score (nSPS) is 39.2. The third-order valence-corrected chi connectivity index (χ3v) is 20.4. The molecule has 20 N–H and O–H groups in total. The van der Waals surface area contributed by atoms with Gasteiger partial charge in [0, 0.05) is 50.5 Å². The van der Waals surface area contributed by atoms with Gasteiger partial charge >= 0.3 is 0 Å². The minimum absolute atomic E-state index is 0. The maximum atomic E-state index is 13.4. The molecular formula is C70H127AcN2O31-. The first-order valence-electron chi connectivity index (χ1n) is 37.9. The number of carbonyl (C=O) groups excluding carboxylic acids is 1. The number of unbranched alkanes of at least 4 members (excludes halogenated alkanes) is 23. The van der Waals surface area contributed by atoms with Crippen LogP contribution in [0.1, 0.15) is 188 Å². The Hall–Kier alpha value is -0.588. The fourth-order valence-corrected chi connectivity index (χ4v) is 13.9. The van der Waals surface area contributed by atoms with Crippen molar-refractivity contribution in [2.45, 2.75) is 384 Å². The SMILES string of the molecule is CCCCCCCCCCCCC/C=C/C(O)C(CO[C@@H]1OC(CO)[C@@H](O[C@@H]2OC(CO)[C@H](O[C@H]3OC(CO)[C@H](O)C(O[C@@H]4OC(CO)[C@H](O)C(O[C@@H]5OC(CO)[C@H](O)C(O)C5O[C@@H]5OC(C)[C@@H](O)C(O)C5O)C4[NH-])C3O)C(O)C2O)C(O)C1O)NC(=O)CCCCCCCCCCCCCCC.[Ac]. The van der Waals surface area contributed by atoms with Crippen LogP contribution in [0, 0.1) is 44.1 Å². The van der Waals surface area contributed by atoms with E-state index in [0.717, 1.165) is 51.4 Å². The van der Waals surface area contributed by atoms with Crippen molar-refractivity contribution in [3.63, 3.8) is 0 Å². The number of aliphatic hydroxyl groups excluding tert-OH is 18. The quantitative estimate of drug-likeness (QED) is 0.0246. The summed E-state index contributed by atoms with van der Waals surface area (Å²) in [5.74, 6) is -0.330. The molecule has 6 saturated heterocycles. The summed E-state index contributed by atoms with van der Waals surface area (Å²) in [4.78, 5) is 13.4. The van der Waals surface area contributed by atoms with E-state index in [2.05, 4.69) is 19.2 Å². The number of amides is 1. The summed E-state index contributed by atoms with van der Waals surface area (Å²) in [5.41, 5.74) is 9.19. The Balaban J connectivity index is 0.0000194. The summed E-state index contributed by atoms with van der Waals surface area (Å²) in [6.07, 6.45) is -23.6. The Bertz CT molecular complexity index is 2300. The van der Waals surface area contributed by atoms with Gasteiger partial charge in [0.25, 0.3) is 0 Å². The smallest absolute Gasteiger partial charge is 0.220 e. The molecule has 33 nitrogen and oxygen atoms in total. The summed E-state index contributed by atoms with van der Waals surface area (Å²) in [5, 5.41) is 201. The van der Waals surface area contributed by atoms with Crippen molar-refractivity contribution < 1.29 is 198 Å². The van der Waals surface area contributed by atoms with Crippen molar-refractivity contribution >= 4 is 5.91 Å². The molecule has 32 atom stereocenters. The number of hydrogen-bond donors (Lipinski definition) is 19. The second-order valence-electron chi connectivity index (χ2n) is 28.5. The van der Waals surface area contributed by atoms with E-state index in [1.165, 1.54) is 103 Å². The summed E-state index contributed by atoms with van der Waals surface area (Å²) >= 11 is 0. The van der Waals surface area contributed by atoms with E-state index in [0.29, 0.717) is 12.8 Å². The van der Waals surface area contributed by atoms with Crippen LogP contribution in [-0.4, -0.2) is 334 Å². The monoisotopic (exact) mass is 1720 g/mol. The first-order chi connectivity index (χ1) is 49.5. The van der Waals surface area contributed by atoms with Crippen molar-refractivity contribution in [3.05, 3.63) is 17.9 Å². The van der Waals surface area contributed by atoms with Crippen LogP contribution in [0.3, 0.4) is 0 Å². The fourth-order valence-electron chi connectivity index (χ4n) is 13.9. The molecule has 0 aliphatic carbocycles. The van der Waals surface area contributed by atoms with Gasteiger partial charge in [0.05, 0.1) is 64.0 Å². The minimum Gasteiger partial charge on any atom is -0.668 e. The zero-order valence-corrected chi connectivity index (χ0v) is 65.4. The van der Waals surface area contributed by atoms with E-state index in [1.807, 2.05) is 6.08 Å². The fraction of sp³-hybridized carbons (Fsp3) is 0.957. The Morgan fingerprint density at radius 2 is 0.760 bits per heavy atom. The van der Waals surface area contributed by atoms with Gasteiger partial charge in [0.1, 0.15) is 134 Å². The van der Waals surface area contributed by atoms with Crippen LogP contribution in [0.2, 0.25) is 0 Å². The van der Waals surface area contributed by atoms with Crippen LogP contribution in [-0.2, 0) is 61.6 Å². The van der Waals surface area contributed by atoms with Crippen LogP contribution in [0.25, 0.3) is 5.73 Å². The summed E-state index contributed by atoms with van der Waals surface area (Å²) in [6, 6.07) is -3.05. The molecular weight excluding hydrogens is 1590 g/mol. The molecule has 1 amide bonds. The number of carbonyl (C=O) groups is 1. The van der Waals surface area contributed by atoms with E-state index >= 15 is 0 Å². The predicted molar refractivity (Wildman–Crippen MR) is 362 cm³/mol. The van der Waals surface area contributed by atoms with Crippen molar-refractivity contribution in [1.82, 2.24) is 5.32 Å². The van der Waals surface area contributed by atoms with Gasteiger partial charge in [-0.1, -0.05) is 173 Å². The molecule has 34 heteroatoms. The Labute approximate surface area is 646 Å². The Morgan fingerprint density at radius 3 is 1.27 bits per heavy atom. The minimum atomic E-state index is -2.22. The number of nitrogens with one attached hydrogen (secondary N) is 2. The standard InChI is InChI=1S/C70H127N2O31.Ac/c1-4-6-8-10-12-14-16-18-20-22-24-26-28-30-40(78)39(72-46(79)31-29-27-25-23-21-19-17-15-13-11-9-7-5-2)37-92-66-57(89)54(86)60(44(35-76)97-66)99-68-58(90)55(87)61(45(36-77)98-68)100-69-59(91)63(51(83)43(34-75)95-69)102-65-47(71)62(50(82)42(33-74)94-65)101-70-64(53(85)49(81)41(32-73)96-70)103-67-56(88)52(84)48(80)38(3)93-67;/h28,30,38-45,47-71,73-78,80-91H,4-27,29,31-37H2,1-3H3,(H,72,79);/q-1;/b30-28+;/t38?,39?,40?,41?,42?,43?,44?,45?,47?,48-,49+,50+,51+,52?,53?,54?,55?,56?,57?,58?,59?,60-,61+,62?,63?,64?,65+,66-,67+,68+,69-,70+;/m1./s1. The summed E-state index contributed by atoms with van der Waals surface area (Å²) in [6.45, 7) is 0.438. The topological polar surface area (TPSA) is 528 Å². The molecule has 0 saturated carbocycles. The third kappa shape index (κ3) is 27.6. The molecule has 6 rings (SSSR count). The van der Waals surface area contributed by atoms with Crippen molar-refractivity contribution in [3.8, 4) is 0 Å². The van der Waals surface area contributed by atoms with E-state index < -0.39 is 236 Å². The molecule has 6 aliphatic rings. The van der Waals surface area contributed by atoms with E-state index in [1.54, 1.807) is 6.08 Å². The molecule has 6 aliphatic heterocycles. The zero-order valence-electron chi connectivity index (χ0n) is 60.7. The molecule has 6 fully saturated rings. The van der Waals surface area contributed by atoms with Crippen LogP contribution in [0.4, 0.5) is 0 Å². The van der Waals surface area contributed by atoms with Crippen LogP contribution in [0.5, 0.6) is 0 Å². The number of ether oxygens (including phenoxy) is 12. The largest absolute Gasteiger partial charge is 0.668 e.